The van der Waals surface area contributed by atoms with Gasteiger partial charge in [-0.1, -0.05) is 36.4 Å². The Morgan fingerprint density at radius 3 is 2.52 bits per heavy atom. The Hall–Kier alpha value is -3.14. The minimum absolute atomic E-state index is 0.0950. The second kappa shape index (κ2) is 5.25. The number of phenols is 1. The summed E-state index contributed by atoms with van der Waals surface area (Å²) in [7, 11) is 0. The van der Waals surface area contributed by atoms with Gasteiger partial charge in [-0.3, -0.25) is 0 Å². The molecule has 0 radical (unpaired) electrons. The molecule has 0 saturated heterocycles. The van der Waals surface area contributed by atoms with Gasteiger partial charge in [0.05, 0.1) is 11.3 Å². The molecule has 0 atom stereocenters. The number of aromatic nitrogens is 2. The fourth-order valence-electron chi connectivity index (χ4n) is 2.74. The second-order valence-electron chi connectivity index (χ2n) is 5.28. The predicted molar refractivity (Wildman–Crippen MR) is 87.7 cm³/mol. The molecule has 0 saturated carbocycles. The largest absolute Gasteiger partial charge is 0.507 e. The SMILES string of the molecule is Oc1cccc(F)c1-c1cccn2cc(-c3ccccc3)nc12. The minimum Gasteiger partial charge on any atom is -0.507 e. The zero-order chi connectivity index (χ0) is 15.8. The molecule has 2 aromatic heterocycles. The van der Waals surface area contributed by atoms with Crippen molar-refractivity contribution in [3.8, 4) is 28.1 Å². The lowest BCUT2D eigenvalue weighted by Crippen LogP contribution is -1.90. The van der Waals surface area contributed by atoms with Crippen molar-refractivity contribution in [1.29, 1.82) is 0 Å². The van der Waals surface area contributed by atoms with Crippen LogP contribution in [0.2, 0.25) is 0 Å². The van der Waals surface area contributed by atoms with Crippen molar-refractivity contribution in [2.75, 3.05) is 0 Å². The summed E-state index contributed by atoms with van der Waals surface area (Å²) in [5.41, 5.74) is 3.12. The van der Waals surface area contributed by atoms with Crippen molar-refractivity contribution in [1.82, 2.24) is 9.38 Å². The summed E-state index contributed by atoms with van der Waals surface area (Å²) in [5, 5.41) is 10.1. The van der Waals surface area contributed by atoms with Gasteiger partial charge in [0.2, 0.25) is 0 Å². The van der Waals surface area contributed by atoms with Crippen LogP contribution in [-0.2, 0) is 0 Å². The summed E-state index contributed by atoms with van der Waals surface area (Å²) in [5.74, 6) is -0.565. The maximum atomic E-state index is 14.2. The fourth-order valence-corrected chi connectivity index (χ4v) is 2.74. The van der Waals surface area contributed by atoms with Gasteiger partial charge in [0, 0.05) is 23.5 Å². The van der Waals surface area contributed by atoms with Crippen LogP contribution in [0.5, 0.6) is 5.75 Å². The first-order valence-electron chi connectivity index (χ1n) is 7.25. The summed E-state index contributed by atoms with van der Waals surface area (Å²) in [6.45, 7) is 0. The Kier molecular flexibility index (Phi) is 3.08. The average molecular weight is 304 g/mol. The first kappa shape index (κ1) is 13.5. The molecule has 3 nitrogen and oxygen atoms in total. The molecule has 4 aromatic rings. The zero-order valence-electron chi connectivity index (χ0n) is 12.1. The van der Waals surface area contributed by atoms with Crippen LogP contribution in [-0.4, -0.2) is 14.5 Å². The zero-order valence-corrected chi connectivity index (χ0v) is 12.1. The molecular weight excluding hydrogens is 291 g/mol. The Balaban J connectivity index is 1.97. The number of benzene rings is 2. The highest BCUT2D eigenvalue weighted by molar-refractivity contribution is 5.83. The van der Waals surface area contributed by atoms with E-state index in [1.54, 1.807) is 6.07 Å². The van der Waals surface area contributed by atoms with Crippen LogP contribution in [0.25, 0.3) is 28.0 Å². The maximum absolute atomic E-state index is 14.2. The molecular formula is C19H13FN2O. The number of aromatic hydroxyl groups is 1. The van der Waals surface area contributed by atoms with Crippen molar-refractivity contribution in [3.63, 3.8) is 0 Å². The van der Waals surface area contributed by atoms with Gasteiger partial charge in [0.25, 0.3) is 0 Å². The molecule has 2 heterocycles. The van der Waals surface area contributed by atoms with Gasteiger partial charge >= 0.3 is 0 Å². The van der Waals surface area contributed by atoms with Crippen LogP contribution in [0.15, 0.2) is 73.1 Å². The van der Waals surface area contributed by atoms with Crippen LogP contribution in [0, 0.1) is 5.82 Å². The molecule has 0 spiro atoms. The Labute approximate surface area is 132 Å². The summed E-state index contributed by atoms with van der Waals surface area (Å²) in [4.78, 5) is 4.63. The molecule has 1 N–H and O–H groups in total. The molecule has 0 aliphatic rings. The van der Waals surface area contributed by atoms with Gasteiger partial charge in [0.1, 0.15) is 17.2 Å². The quantitative estimate of drug-likeness (QED) is 0.591. The van der Waals surface area contributed by atoms with E-state index in [9.17, 15) is 9.50 Å². The minimum atomic E-state index is -0.470. The van der Waals surface area contributed by atoms with Crippen LogP contribution in [0.4, 0.5) is 4.39 Å². The molecule has 4 rings (SSSR count). The van der Waals surface area contributed by atoms with Crippen LogP contribution >= 0.6 is 0 Å². The highest BCUT2D eigenvalue weighted by Gasteiger charge is 2.15. The lowest BCUT2D eigenvalue weighted by atomic mass is 10.1. The highest BCUT2D eigenvalue weighted by atomic mass is 19.1. The molecule has 0 aliphatic heterocycles. The molecule has 0 amide bonds. The number of rotatable bonds is 2. The lowest BCUT2D eigenvalue weighted by molar-refractivity contribution is 0.472. The van der Waals surface area contributed by atoms with E-state index in [0.29, 0.717) is 11.2 Å². The van der Waals surface area contributed by atoms with Crippen LogP contribution < -0.4 is 0 Å². The first-order chi connectivity index (χ1) is 11.2. The molecule has 0 bridgehead atoms. The Morgan fingerprint density at radius 2 is 1.74 bits per heavy atom. The fraction of sp³-hybridized carbons (Fsp3) is 0. The summed E-state index contributed by atoms with van der Waals surface area (Å²) < 4.78 is 16.0. The van der Waals surface area contributed by atoms with E-state index in [4.69, 9.17) is 0 Å². The van der Waals surface area contributed by atoms with Crippen molar-refractivity contribution in [2.24, 2.45) is 0 Å². The number of pyridine rings is 1. The normalized spacial score (nSPS) is 11.0. The summed E-state index contributed by atoms with van der Waals surface area (Å²) in [6, 6.07) is 17.6. The smallest absolute Gasteiger partial charge is 0.145 e. The Bertz CT molecular complexity index is 973. The second-order valence-corrected chi connectivity index (χ2v) is 5.28. The molecule has 0 unspecified atom stereocenters. The van der Waals surface area contributed by atoms with Gasteiger partial charge in [-0.05, 0) is 24.3 Å². The third kappa shape index (κ3) is 2.25. The molecule has 4 heteroatoms. The third-order valence-corrected chi connectivity index (χ3v) is 3.81. The highest BCUT2D eigenvalue weighted by Crippen LogP contribution is 2.34. The van der Waals surface area contributed by atoms with Crippen molar-refractivity contribution in [3.05, 3.63) is 78.9 Å². The van der Waals surface area contributed by atoms with E-state index >= 15 is 0 Å². The number of hydrogen-bond acceptors (Lipinski definition) is 2. The van der Waals surface area contributed by atoms with Crippen LogP contribution in [0.1, 0.15) is 0 Å². The van der Waals surface area contributed by atoms with Crippen LogP contribution in [0.3, 0.4) is 0 Å². The molecule has 2 aromatic carbocycles. The van der Waals surface area contributed by atoms with E-state index in [-0.39, 0.29) is 11.3 Å². The van der Waals surface area contributed by atoms with E-state index in [0.717, 1.165) is 11.3 Å². The molecule has 23 heavy (non-hydrogen) atoms. The predicted octanol–water partition coefficient (Wildman–Crippen LogP) is 4.51. The molecule has 0 fully saturated rings. The van der Waals surface area contributed by atoms with Gasteiger partial charge in [-0.25, -0.2) is 9.37 Å². The van der Waals surface area contributed by atoms with Gasteiger partial charge in [-0.15, -0.1) is 0 Å². The molecule has 112 valence electrons. The monoisotopic (exact) mass is 304 g/mol. The molecule has 0 aliphatic carbocycles. The number of halogens is 1. The number of fused-ring (bicyclic) bond motifs is 1. The van der Waals surface area contributed by atoms with Crippen molar-refractivity contribution < 1.29 is 9.50 Å². The van der Waals surface area contributed by atoms with E-state index in [2.05, 4.69) is 4.98 Å². The van der Waals surface area contributed by atoms with Crippen molar-refractivity contribution in [2.45, 2.75) is 0 Å². The van der Waals surface area contributed by atoms with Gasteiger partial charge < -0.3 is 9.51 Å². The maximum Gasteiger partial charge on any atom is 0.145 e. The van der Waals surface area contributed by atoms with Crippen molar-refractivity contribution >= 4 is 5.65 Å². The standard InChI is InChI=1S/C19H13FN2O/c20-15-9-4-10-17(23)18(15)14-8-5-11-22-12-16(21-19(14)22)13-6-2-1-3-7-13/h1-12,23H. The number of imidazole rings is 1. The third-order valence-electron chi connectivity index (χ3n) is 3.81. The lowest BCUT2D eigenvalue weighted by Gasteiger charge is -2.07. The van der Waals surface area contributed by atoms with E-state index < -0.39 is 5.82 Å². The number of phenolic OH excluding ortho intramolecular Hbond substituents is 1. The Morgan fingerprint density at radius 1 is 0.913 bits per heavy atom. The van der Waals surface area contributed by atoms with Gasteiger partial charge in [-0.2, -0.15) is 0 Å². The topological polar surface area (TPSA) is 37.5 Å². The summed E-state index contributed by atoms with van der Waals surface area (Å²) >= 11 is 0. The van der Waals surface area contributed by atoms with E-state index in [1.807, 2.05) is 53.2 Å². The number of hydrogen-bond donors (Lipinski definition) is 1. The number of nitrogens with zero attached hydrogens (tertiary/aromatic N) is 2. The van der Waals surface area contributed by atoms with Gasteiger partial charge in [0.15, 0.2) is 0 Å². The summed E-state index contributed by atoms with van der Waals surface area (Å²) in [6.07, 6.45) is 3.75. The average Bonchev–Trinajstić information content (AvgIpc) is 3.00. The van der Waals surface area contributed by atoms with E-state index in [1.165, 1.54) is 18.2 Å². The first-order valence-corrected chi connectivity index (χ1v) is 7.25.